The van der Waals surface area contributed by atoms with Crippen LogP contribution >= 0.6 is 23.5 Å². The van der Waals surface area contributed by atoms with Gasteiger partial charge in [0.05, 0.1) is 0 Å². The number of tetrazole rings is 1. The lowest BCUT2D eigenvalue weighted by Crippen LogP contribution is -2.71. The number of benzene rings is 1. The molecule has 0 bridgehead atoms. The summed E-state index contributed by atoms with van der Waals surface area (Å²) in [7, 11) is 1.56. The number of carboxylic acid groups (broad SMARTS) is 1. The van der Waals surface area contributed by atoms with Crippen molar-refractivity contribution in [1.82, 2.24) is 45.5 Å². The summed E-state index contributed by atoms with van der Waals surface area (Å²) in [6, 6.07) is 1.27. The first-order valence-electron chi connectivity index (χ1n) is 13.3. The Hall–Kier alpha value is -4.98. The first-order valence-corrected chi connectivity index (χ1v) is 15.2. The molecule has 0 spiro atoms. The van der Waals surface area contributed by atoms with Crippen LogP contribution in [0.2, 0.25) is 0 Å². The number of thioether (sulfide) groups is 2. The Bertz CT molecular complexity index is 1640. The number of phenolic OH excluding ortho intramolecular Hbond substituents is 1. The molecule has 0 radical (unpaired) electrons. The number of nitrogens with one attached hydrogen (secondary N) is 2. The molecule has 20 heteroatoms. The number of phenols is 1. The highest BCUT2D eigenvalue weighted by atomic mass is 32.2. The van der Waals surface area contributed by atoms with Gasteiger partial charge in [0.1, 0.15) is 28.9 Å². The average molecular weight is 660 g/mol. The number of piperazine rings is 1. The number of likely N-dealkylation sites (N-methyl/N-ethyl adjacent to an activating group) is 1. The Kier molecular flexibility index (Phi) is 8.77. The number of hydrogen-bond donors (Lipinski definition) is 4. The van der Waals surface area contributed by atoms with Gasteiger partial charge in [-0.1, -0.05) is 35.7 Å². The monoisotopic (exact) mass is 659 g/mol. The topological polar surface area (TPSA) is 237 Å². The van der Waals surface area contributed by atoms with Crippen molar-refractivity contribution < 1.29 is 43.8 Å². The predicted molar refractivity (Wildman–Crippen MR) is 153 cm³/mol. The number of nitrogens with zero attached hydrogens (tertiary/aromatic N) is 7. The lowest BCUT2D eigenvalue weighted by Gasteiger charge is -2.48. The molecule has 0 unspecified atom stereocenters. The fourth-order valence-electron chi connectivity index (χ4n) is 4.79. The van der Waals surface area contributed by atoms with E-state index >= 15 is 0 Å². The molecule has 3 aliphatic heterocycles. The van der Waals surface area contributed by atoms with Gasteiger partial charge < -0.3 is 25.7 Å². The number of aromatic hydroxyl groups is 1. The van der Waals surface area contributed by atoms with Crippen LogP contribution in [0, 0.1) is 0 Å². The lowest BCUT2D eigenvalue weighted by molar-refractivity contribution is -0.153. The Morgan fingerprint density at radius 3 is 2.44 bits per heavy atom. The second kappa shape index (κ2) is 12.6. The number of aromatic nitrogens is 4. The van der Waals surface area contributed by atoms with Crippen molar-refractivity contribution in [3.8, 4) is 5.75 Å². The van der Waals surface area contributed by atoms with E-state index in [9.17, 15) is 43.8 Å². The van der Waals surface area contributed by atoms with E-state index in [1.807, 2.05) is 0 Å². The van der Waals surface area contributed by atoms with Crippen LogP contribution in [-0.4, -0.2) is 123 Å². The molecule has 1 aromatic heterocycles. The summed E-state index contributed by atoms with van der Waals surface area (Å²) in [6.45, 7) is 1.92. The van der Waals surface area contributed by atoms with E-state index in [0.29, 0.717) is 21.8 Å². The van der Waals surface area contributed by atoms with E-state index in [-0.39, 0.29) is 42.3 Å². The van der Waals surface area contributed by atoms with Gasteiger partial charge >= 0.3 is 23.8 Å². The van der Waals surface area contributed by atoms with E-state index < -0.39 is 63.9 Å². The molecule has 1 aromatic carbocycles. The number of aryl methyl sites for hydroxylation is 1. The van der Waals surface area contributed by atoms with Gasteiger partial charge in [-0.25, -0.2) is 14.3 Å². The Balaban J connectivity index is 1.34. The number of β-lactam (4-membered cyclic amide) rings is 1. The van der Waals surface area contributed by atoms with Gasteiger partial charge in [0.25, 0.3) is 5.91 Å². The standard InChI is InChI=1S/C25H25N9O9S2/c1-3-32-8-9-33(20(39)19(32)38)24(43)27-14(11-4-6-12(35)7-5-11)17(36)26-15-18(37)34-16(22(40)41)13(23(42)45-21(15)34)10-44-25-28-29-30-31(25)2/h4-7,14-15,21,35H,3,8-10H2,1-2H3,(H,26,36)(H,27,43)(H,40,41)/t14-,15-,21-/m1/s1. The SMILES string of the molecule is CCN1CCN(C(=O)N[C@@H](C(=O)N[C@@H]2C(=O)N3C(C(=O)O)=C(CSc4nnnn4C)C(=O)S[C@H]23)c2ccc(O)cc2)C(=O)C1=O. The number of carboxylic acids is 1. The fraction of sp³-hybridized carbons (Fsp3) is 0.360. The number of aliphatic carboxylic acids is 1. The smallest absolute Gasteiger partial charge is 0.353 e. The first kappa shape index (κ1) is 31.4. The van der Waals surface area contributed by atoms with Crippen molar-refractivity contribution in [1.29, 1.82) is 0 Å². The molecule has 2 aromatic rings. The Morgan fingerprint density at radius 2 is 1.82 bits per heavy atom. The molecule has 4 N–H and O–H groups in total. The number of fused-ring (bicyclic) bond motifs is 1. The number of carbonyl (C=O) groups is 7. The van der Waals surface area contributed by atoms with Crippen LogP contribution in [0.15, 0.2) is 40.7 Å². The fourth-order valence-corrected chi connectivity index (χ4v) is 6.91. The maximum atomic E-state index is 13.6. The minimum absolute atomic E-state index is 0.0965. The van der Waals surface area contributed by atoms with Crippen molar-refractivity contribution >= 4 is 64.3 Å². The van der Waals surface area contributed by atoms with Crippen LogP contribution in [0.25, 0.3) is 0 Å². The van der Waals surface area contributed by atoms with E-state index in [1.54, 1.807) is 14.0 Å². The molecular weight excluding hydrogens is 634 g/mol. The summed E-state index contributed by atoms with van der Waals surface area (Å²) in [6.07, 6.45) is 0. The van der Waals surface area contributed by atoms with Gasteiger partial charge in [-0.15, -0.1) is 5.10 Å². The van der Waals surface area contributed by atoms with Gasteiger partial charge in [-0.2, -0.15) is 0 Å². The molecule has 4 heterocycles. The van der Waals surface area contributed by atoms with Gasteiger partial charge in [0, 0.05) is 38.0 Å². The van der Waals surface area contributed by atoms with Crippen LogP contribution in [0.4, 0.5) is 4.79 Å². The quantitative estimate of drug-likeness (QED) is 0.135. The molecular formula is C25H25N9O9S2. The van der Waals surface area contributed by atoms with Gasteiger partial charge in [-0.05, 0) is 35.0 Å². The zero-order valence-electron chi connectivity index (χ0n) is 23.6. The van der Waals surface area contributed by atoms with Crippen LogP contribution in [-0.2, 0) is 35.8 Å². The molecule has 6 amide bonds. The first-order chi connectivity index (χ1) is 21.4. The molecule has 3 atom stereocenters. The summed E-state index contributed by atoms with van der Waals surface area (Å²) in [5.41, 5.74) is -0.518. The largest absolute Gasteiger partial charge is 0.508 e. The zero-order chi connectivity index (χ0) is 32.6. The zero-order valence-corrected chi connectivity index (χ0v) is 25.2. The van der Waals surface area contributed by atoms with Crippen LogP contribution in [0.3, 0.4) is 0 Å². The summed E-state index contributed by atoms with van der Waals surface area (Å²) in [5, 5.41) is 34.0. The Labute approximate surface area is 262 Å². The van der Waals surface area contributed by atoms with E-state index in [2.05, 4.69) is 26.2 Å². The van der Waals surface area contributed by atoms with Gasteiger partial charge in [0.15, 0.2) is 0 Å². The maximum absolute atomic E-state index is 13.6. The molecule has 236 valence electrons. The van der Waals surface area contributed by atoms with E-state index in [4.69, 9.17) is 0 Å². The number of imide groups is 1. The van der Waals surface area contributed by atoms with E-state index in [0.717, 1.165) is 16.7 Å². The van der Waals surface area contributed by atoms with Crippen LogP contribution in [0.5, 0.6) is 5.75 Å². The van der Waals surface area contributed by atoms with Gasteiger partial charge in [-0.3, -0.25) is 33.8 Å². The third-order valence-electron chi connectivity index (χ3n) is 7.16. The maximum Gasteiger partial charge on any atom is 0.353 e. The molecule has 0 saturated carbocycles. The number of amides is 6. The molecule has 2 saturated heterocycles. The highest BCUT2D eigenvalue weighted by Gasteiger charge is 2.56. The highest BCUT2D eigenvalue weighted by Crippen LogP contribution is 2.42. The number of carbonyl (C=O) groups excluding carboxylic acids is 6. The van der Waals surface area contributed by atoms with Crippen LogP contribution < -0.4 is 10.6 Å². The second-order valence-electron chi connectivity index (χ2n) is 9.81. The lowest BCUT2D eigenvalue weighted by atomic mass is 10.0. The summed E-state index contributed by atoms with van der Waals surface area (Å²) < 4.78 is 1.33. The van der Waals surface area contributed by atoms with Crippen molar-refractivity contribution in [2.75, 3.05) is 25.4 Å². The molecule has 18 nitrogen and oxygen atoms in total. The number of hydrogen-bond acceptors (Lipinski definition) is 13. The van der Waals surface area contributed by atoms with Crippen molar-refractivity contribution in [2.45, 2.75) is 29.5 Å². The normalized spacial score (nSPS) is 20.5. The average Bonchev–Trinajstić information content (AvgIpc) is 3.43. The third-order valence-corrected chi connectivity index (χ3v) is 9.39. The van der Waals surface area contributed by atoms with Gasteiger partial charge in [0.2, 0.25) is 16.2 Å². The minimum Gasteiger partial charge on any atom is -0.508 e. The van der Waals surface area contributed by atoms with Crippen molar-refractivity contribution in [2.24, 2.45) is 7.05 Å². The Morgan fingerprint density at radius 1 is 1.11 bits per heavy atom. The summed E-state index contributed by atoms with van der Waals surface area (Å²) >= 11 is 1.65. The van der Waals surface area contributed by atoms with E-state index in [1.165, 1.54) is 33.8 Å². The molecule has 3 aliphatic rings. The number of urea groups is 1. The molecule has 45 heavy (non-hydrogen) atoms. The predicted octanol–water partition coefficient (Wildman–Crippen LogP) is -1.59. The molecule has 2 fully saturated rings. The van der Waals surface area contributed by atoms with Crippen molar-refractivity contribution in [3.05, 3.63) is 41.1 Å². The van der Waals surface area contributed by atoms with Crippen molar-refractivity contribution in [3.63, 3.8) is 0 Å². The summed E-state index contributed by atoms with van der Waals surface area (Å²) in [5.74, 6) is -5.49. The highest BCUT2D eigenvalue weighted by molar-refractivity contribution is 8.15. The summed E-state index contributed by atoms with van der Waals surface area (Å²) in [4.78, 5) is 92.9. The van der Waals surface area contributed by atoms with Crippen LogP contribution in [0.1, 0.15) is 18.5 Å². The second-order valence-corrected chi connectivity index (χ2v) is 11.8. The molecule has 5 rings (SSSR count). The third kappa shape index (κ3) is 5.92. The molecule has 0 aliphatic carbocycles. The number of rotatable bonds is 9. The minimum atomic E-state index is -1.52.